The van der Waals surface area contributed by atoms with Crippen LogP contribution < -0.4 is 14.2 Å². The normalized spacial score (nSPS) is 11.8. The van der Waals surface area contributed by atoms with E-state index in [-0.39, 0.29) is 6.42 Å². The van der Waals surface area contributed by atoms with Crippen molar-refractivity contribution in [1.29, 1.82) is 0 Å². The number of benzene rings is 1. The molecule has 1 atom stereocenters. The first-order chi connectivity index (χ1) is 8.96. The van der Waals surface area contributed by atoms with E-state index >= 15 is 0 Å². The van der Waals surface area contributed by atoms with Gasteiger partial charge in [-0.15, -0.1) is 0 Å². The van der Waals surface area contributed by atoms with Gasteiger partial charge in [-0.1, -0.05) is 6.92 Å². The van der Waals surface area contributed by atoms with Crippen molar-refractivity contribution in [3.8, 4) is 17.2 Å². The minimum atomic E-state index is -0.872. The summed E-state index contributed by atoms with van der Waals surface area (Å²) >= 11 is 3.38. The maximum atomic E-state index is 11.0. The summed E-state index contributed by atoms with van der Waals surface area (Å²) in [7, 11) is 4.57. The number of rotatable bonds is 6. The summed E-state index contributed by atoms with van der Waals surface area (Å²) in [5.41, 5.74) is 0.672. The Kier molecular flexibility index (Phi) is 5.47. The Hall–Kier alpha value is -1.43. The molecule has 0 aromatic heterocycles. The Morgan fingerprint density at radius 1 is 1.26 bits per heavy atom. The molecule has 0 amide bonds. The summed E-state index contributed by atoms with van der Waals surface area (Å²) in [6.07, 6.45) is 0.289. The lowest BCUT2D eigenvalue weighted by Gasteiger charge is -2.19. The summed E-state index contributed by atoms with van der Waals surface area (Å²) < 4.78 is 16.6. The monoisotopic (exact) mass is 332 g/mol. The SMILES string of the molecule is COc1cc(Br)c(OC)c(CC(C)C(=O)O)c1OC. The van der Waals surface area contributed by atoms with Crippen LogP contribution in [0.15, 0.2) is 10.5 Å². The van der Waals surface area contributed by atoms with E-state index in [1.165, 1.54) is 21.3 Å². The second-order valence-corrected chi connectivity index (χ2v) is 4.90. The van der Waals surface area contributed by atoms with Crippen molar-refractivity contribution in [2.45, 2.75) is 13.3 Å². The number of halogens is 1. The highest BCUT2D eigenvalue weighted by Gasteiger charge is 2.23. The van der Waals surface area contributed by atoms with E-state index in [0.29, 0.717) is 27.3 Å². The number of carboxylic acids is 1. The van der Waals surface area contributed by atoms with Crippen LogP contribution in [0.5, 0.6) is 17.2 Å². The first-order valence-electron chi connectivity index (χ1n) is 5.66. The standard InChI is InChI=1S/C13H17BrO5/c1-7(13(15)16)5-8-11(18-3)9(14)6-10(17-2)12(8)19-4/h6-7H,5H2,1-4H3,(H,15,16). The number of carboxylic acid groups (broad SMARTS) is 1. The van der Waals surface area contributed by atoms with Crippen LogP contribution in [0, 0.1) is 5.92 Å². The van der Waals surface area contributed by atoms with Crippen molar-refractivity contribution >= 4 is 21.9 Å². The van der Waals surface area contributed by atoms with Gasteiger partial charge in [-0.3, -0.25) is 4.79 Å². The molecular weight excluding hydrogens is 316 g/mol. The van der Waals surface area contributed by atoms with Crippen LogP contribution in [0.2, 0.25) is 0 Å². The van der Waals surface area contributed by atoms with Gasteiger partial charge >= 0.3 is 5.97 Å². The fraction of sp³-hybridized carbons (Fsp3) is 0.462. The van der Waals surface area contributed by atoms with E-state index in [4.69, 9.17) is 19.3 Å². The van der Waals surface area contributed by atoms with Gasteiger partial charge in [0.05, 0.1) is 31.7 Å². The van der Waals surface area contributed by atoms with Gasteiger partial charge in [-0.2, -0.15) is 0 Å². The lowest BCUT2D eigenvalue weighted by molar-refractivity contribution is -0.141. The van der Waals surface area contributed by atoms with E-state index in [1.54, 1.807) is 13.0 Å². The van der Waals surface area contributed by atoms with Gasteiger partial charge in [-0.25, -0.2) is 0 Å². The van der Waals surface area contributed by atoms with Crippen molar-refractivity contribution in [3.05, 3.63) is 16.1 Å². The minimum Gasteiger partial charge on any atom is -0.495 e. The molecule has 6 heteroatoms. The highest BCUT2D eigenvalue weighted by molar-refractivity contribution is 9.10. The summed E-state index contributed by atoms with van der Waals surface area (Å²) in [4.78, 5) is 11.0. The predicted octanol–water partition coefficient (Wildman–Crippen LogP) is 2.74. The molecule has 0 fully saturated rings. The second-order valence-electron chi connectivity index (χ2n) is 4.05. The minimum absolute atomic E-state index is 0.289. The molecule has 0 aliphatic carbocycles. The van der Waals surface area contributed by atoms with Crippen LogP contribution in [-0.2, 0) is 11.2 Å². The Labute approximate surface area is 120 Å². The second kappa shape index (κ2) is 6.65. The van der Waals surface area contributed by atoms with Crippen LogP contribution in [0.4, 0.5) is 0 Å². The van der Waals surface area contributed by atoms with E-state index < -0.39 is 11.9 Å². The number of methoxy groups -OCH3 is 3. The van der Waals surface area contributed by atoms with Gasteiger partial charge in [0.15, 0.2) is 11.5 Å². The number of hydrogen-bond donors (Lipinski definition) is 1. The number of ether oxygens (including phenoxy) is 3. The smallest absolute Gasteiger partial charge is 0.306 e. The van der Waals surface area contributed by atoms with E-state index in [1.807, 2.05) is 0 Å². The van der Waals surface area contributed by atoms with Gasteiger partial charge in [0.25, 0.3) is 0 Å². The van der Waals surface area contributed by atoms with Crippen LogP contribution in [0.3, 0.4) is 0 Å². The molecule has 1 unspecified atom stereocenters. The van der Waals surface area contributed by atoms with Crippen molar-refractivity contribution < 1.29 is 24.1 Å². The van der Waals surface area contributed by atoms with Gasteiger partial charge in [0.1, 0.15) is 5.75 Å². The third-order valence-corrected chi connectivity index (χ3v) is 3.40. The molecule has 0 aliphatic heterocycles. The summed E-state index contributed by atoms with van der Waals surface area (Å²) in [6.45, 7) is 1.63. The molecule has 5 nitrogen and oxygen atoms in total. The van der Waals surface area contributed by atoms with Crippen molar-refractivity contribution in [2.24, 2.45) is 5.92 Å². The summed E-state index contributed by atoms with van der Waals surface area (Å²) in [6, 6.07) is 1.73. The van der Waals surface area contributed by atoms with E-state index in [0.717, 1.165) is 0 Å². The fourth-order valence-corrected chi connectivity index (χ4v) is 2.43. The summed E-state index contributed by atoms with van der Waals surface area (Å²) in [5.74, 6) is 0.161. The largest absolute Gasteiger partial charge is 0.495 e. The molecule has 0 saturated heterocycles. The zero-order valence-corrected chi connectivity index (χ0v) is 12.9. The molecule has 0 bridgehead atoms. The lowest BCUT2D eigenvalue weighted by atomic mass is 9.99. The third-order valence-electron chi connectivity index (χ3n) is 2.81. The first-order valence-corrected chi connectivity index (χ1v) is 6.45. The zero-order chi connectivity index (χ0) is 14.6. The molecule has 1 rings (SSSR count). The summed E-state index contributed by atoms with van der Waals surface area (Å²) in [5, 5.41) is 9.04. The third kappa shape index (κ3) is 3.32. The molecule has 1 aromatic carbocycles. The number of aliphatic carboxylic acids is 1. The van der Waals surface area contributed by atoms with Crippen molar-refractivity contribution in [2.75, 3.05) is 21.3 Å². The van der Waals surface area contributed by atoms with Crippen LogP contribution in [-0.4, -0.2) is 32.4 Å². The predicted molar refractivity (Wildman–Crippen MR) is 74.3 cm³/mol. The van der Waals surface area contributed by atoms with E-state index in [2.05, 4.69) is 15.9 Å². The zero-order valence-electron chi connectivity index (χ0n) is 11.3. The number of carbonyl (C=O) groups is 1. The quantitative estimate of drug-likeness (QED) is 0.867. The highest BCUT2D eigenvalue weighted by atomic mass is 79.9. The fourth-order valence-electron chi connectivity index (χ4n) is 1.82. The maximum Gasteiger partial charge on any atom is 0.306 e. The van der Waals surface area contributed by atoms with Crippen LogP contribution in [0.1, 0.15) is 12.5 Å². The first kappa shape index (κ1) is 15.6. The number of hydrogen-bond acceptors (Lipinski definition) is 4. The Balaban J connectivity index is 3.38. The molecule has 19 heavy (non-hydrogen) atoms. The molecule has 0 aliphatic rings. The Morgan fingerprint density at radius 2 is 1.84 bits per heavy atom. The van der Waals surface area contributed by atoms with Gasteiger partial charge in [0.2, 0.25) is 0 Å². The van der Waals surface area contributed by atoms with E-state index in [9.17, 15) is 4.79 Å². The Bertz CT molecular complexity index is 473. The average molecular weight is 333 g/mol. The molecule has 106 valence electrons. The van der Waals surface area contributed by atoms with Gasteiger partial charge < -0.3 is 19.3 Å². The molecule has 0 saturated carbocycles. The molecule has 1 aromatic rings. The van der Waals surface area contributed by atoms with Crippen LogP contribution in [0.25, 0.3) is 0 Å². The van der Waals surface area contributed by atoms with Gasteiger partial charge in [-0.05, 0) is 22.4 Å². The lowest BCUT2D eigenvalue weighted by Crippen LogP contribution is -2.14. The van der Waals surface area contributed by atoms with Gasteiger partial charge in [0, 0.05) is 11.6 Å². The van der Waals surface area contributed by atoms with Crippen molar-refractivity contribution in [1.82, 2.24) is 0 Å². The van der Waals surface area contributed by atoms with Crippen molar-refractivity contribution in [3.63, 3.8) is 0 Å². The molecule has 0 heterocycles. The average Bonchev–Trinajstić information content (AvgIpc) is 2.38. The maximum absolute atomic E-state index is 11.0. The molecule has 1 N–H and O–H groups in total. The molecule has 0 spiro atoms. The van der Waals surface area contributed by atoms with Crippen LogP contribution >= 0.6 is 15.9 Å². The molecule has 0 radical (unpaired) electrons. The highest BCUT2D eigenvalue weighted by Crippen LogP contribution is 2.43. The molecular formula is C13H17BrO5. The topological polar surface area (TPSA) is 65.0 Å². The Morgan fingerprint density at radius 3 is 2.26 bits per heavy atom.